The van der Waals surface area contributed by atoms with Gasteiger partial charge in [0, 0.05) is 13.0 Å². The van der Waals surface area contributed by atoms with Crippen molar-refractivity contribution in [3.8, 4) is 0 Å². The van der Waals surface area contributed by atoms with Gasteiger partial charge in [-0.25, -0.2) is 9.59 Å². The van der Waals surface area contributed by atoms with Gasteiger partial charge in [-0.1, -0.05) is 0 Å². The van der Waals surface area contributed by atoms with E-state index in [9.17, 15) is 14.7 Å². The Labute approximate surface area is 112 Å². The van der Waals surface area contributed by atoms with Crippen molar-refractivity contribution in [2.45, 2.75) is 57.3 Å². The number of piperidine rings is 1. The van der Waals surface area contributed by atoms with E-state index in [-0.39, 0.29) is 5.60 Å². The molecular formula is C13H21NO5. The van der Waals surface area contributed by atoms with Crippen molar-refractivity contribution in [1.29, 1.82) is 0 Å². The first-order chi connectivity index (χ1) is 8.72. The normalized spacial score (nSPS) is 30.9. The summed E-state index contributed by atoms with van der Waals surface area (Å²) in [6.45, 7) is 6.34. The molecule has 0 bridgehead atoms. The topological polar surface area (TPSA) is 76.1 Å². The number of carbonyl (C=O) groups excluding carboxylic acids is 1. The number of carboxylic acid groups (broad SMARTS) is 1. The largest absolute Gasteiger partial charge is 0.480 e. The maximum Gasteiger partial charge on any atom is 0.411 e. The Morgan fingerprint density at radius 1 is 1.37 bits per heavy atom. The van der Waals surface area contributed by atoms with Crippen LogP contribution in [0.1, 0.15) is 40.0 Å². The molecule has 2 atom stereocenters. The zero-order chi connectivity index (χ0) is 14.3. The molecule has 0 saturated carbocycles. The van der Waals surface area contributed by atoms with Gasteiger partial charge >= 0.3 is 12.1 Å². The molecule has 2 rings (SSSR count). The molecule has 0 radical (unpaired) electrons. The number of carboxylic acids is 1. The Morgan fingerprint density at radius 3 is 2.42 bits per heavy atom. The molecule has 2 heterocycles. The van der Waals surface area contributed by atoms with Crippen molar-refractivity contribution < 1.29 is 24.2 Å². The van der Waals surface area contributed by atoms with Gasteiger partial charge in [0.1, 0.15) is 11.6 Å². The average Bonchev–Trinajstić information content (AvgIpc) is 2.23. The number of hydrogen-bond acceptors (Lipinski definition) is 4. The Morgan fingerprint density at radius 2 is 2.00 bits per heavy atom. The van der Waals surface area contributed by atoms with Gasteiger partial charge < -0.3 is 14.6 Å². The summed E-state index contributed by atoms with van der Waals surface area (Å²) in [5.74, 6) is -1.000. The minimum atomic E-state index is -1.000. The van der Waals surface area contributed by atoms with Crippen molar-refractivity contribution in [2.24, 2.45) is 0 Å². The predicted octanol–water partition coefficient (Wildman–Crippen LogP) is 1.63. The summed E-state index contributed by atoms with van der Waals surface area (Å²) in [6, 6.07) is -0.858. The highest BCUT2D eigenvalue weighted by atomic mass is 16.6. The van der Waals surface area contributed by atoms with Crippen LogP contribution in [0.2, 0.25) is 0 Å². The van der Waals surface area contributed by atoms with Crippen LogP contribution in [-0.2, 0) is 14.3 Å². The third-order valence-corrected chi connectivity index (χ3v) is 3.63. The third-order valence-electron chi connectivity index (χ3n) is 3.63. The molecule has 1 spiro atoms. The second-order valence-electron chi connectivity index (χ2n) is 6.26. The second kappa shape index (κ2) is 4.67. The van der Waals surface area contributed by atoms with Gasteiger partial charge in [0.2, 0.25) is 0 Å². The van der Waals surface area contributed by atoms with Crippen molar-refractivity contribution in [3.63, 3.8) is 0 Å². The summed E-state index contributed by atoms with van der Waals surface area (Å²) in [6.07, 6.45) is 1.34. The summed E-state index contributed by atoms with van der Waals surface area (Å²) in [5.41, 5.74) is -0.955. The van der Waals surface area contributed by atoms with E-state index in [0.717, 1.165) is 6.42 Å². The molecule has 0 aromatic rings. The lowest BCUT2D eigenvalue weighted by molar-refractivity contribution is -0.189. The highest BCUT2D eigenvalue weighted by Crippen LogP contribution is 2.39. The minimum absolute atomic E-state index is 0.332. The molecule has 108 valence electrons. The highest BCUT2D eigenvalue weighted by molar-refractivity contribution is 5.80. The fourth-order valence-electron chi connectivity index (χ4n) is 2.55. The lowest BCUT2D eigenvalue weighted by Gasteiger charge is -2.49. The van der Waals surface area contributed by atoms with Gasteiger partial charge in [-0.05, 0) is 33.6 Å². The van der Waals surface area contributed by atoms with Crippen LogP contribution in [-0.4, -0.2) is 52.5 Å². The van der Waals surface area contributed by atoms with Gasteiger partial charge in [-0.2, -0.15) is 0 Å². The van der Waals surface area contributed by atoms with E-state index in [0.29, 0.717) is 26.0 Å². The molecule has 2 unspecified atom stereocenters. The molecule has 2 aliphatic heterocycles. The van der Waals surface area contributed by atoms with Crippen LogP contribution in [0.5, 0.6) is 0 Å². The number of hydrogen-bond donors (Lipinski definition) is 1. The standard InChI is InChI=1S/C13H21NO5/c1-12(2,3)19-11(17)14-6-4-13(5-7-18-13)8-9(14)10(15)16/h9H,4-8H2,1-3H3,(H,15,16). The number of rotatable bonds is 1. The van der Waals surface area contributed by atoms with Crippen LogP contribution in [0.25, 0.3) is 0 Å². The molecule has 6 nitrogen and oxygen atoms in total. The lowest BCUT2D eigenvalue weighted by atomic mass is 9.81. The predicted molar refractivity (Wildman–Crippen MR) is 66.9 cm³/mol. The number of carbonyl (C=O) groups is 2. The number of nitrogens with zero attached hydrogens (tertiary/aromatic N) is 1. The Hall–Kier alpha value is -1.30. The van der Waals surface area contributed by atoms with Gasteiger partial charge in [0.15, 0.2) is 0 Å². The molecule has 19 heavy (non-hydrogen) atoms. The van der Waals surface area contributed by atoms with Crippen molar-refractivity contribution in [1.82, 2.24) is 4.90 Å². The minimum Gasteiger partial charge on any atom is -0.480 e. The molecular weight excluding hydrogens is 250 g/mol. The van der Waals surface area contributed by atoms with E-state index in [1.165, 1.54) is 4.90 Å². The molecule has 0 aromatic heterocycles. The van der Waals surface area contributed by atoms with E-state index in [2.05, 4.69) is 0 Å². The highest BCUT2D eigenvalue weighted by Gasteiger charge is 2.49. The molecule has 6 heteroatoms. The van der Waals surface area contributed by atoms with Crippen LogP contribution in [0, 0.1) is 0 Å². The zero-order valence-electron chi connectivity index (χ0n) is 11.6. The monoisotopic (exact) mass is 271 g/mol. The van der Waals surface area contributed by atoms with E-state index < -0.39 is 23.7 Å². The number of ether oxygens (including phenoxy) is 2. The lowest BCUT2D eigenvalue weighted by Crippen LogP contribution is -2.60. The van der Waals surface area contributed by atoms with Gasteiger partial charge in [0.05, 0.1) is 12.2 Å². The van der Waals surface area contributed by atoms with Crippen LogP contribution in [0.3, 0.4) is 0 Å². The second-order valence-corrected chi connectivity index (χ2v) is 6.26. The Balaban J connectivity index is 2.07. The van der Waals surface area contributed by atoms with Crippen LogP contribution < -0.4 is 0 Å². The van der Waals surface area contributed by atoms with E-state index >= 15 is 0 Å². The fraction of sp³-hybridized carbons (Fsp3) is 0.846. The molecule has 2 saturated heterocycles. The summed E-state index contributed by atoms with van der Waals surface area (Å²) >= 11 is 0. The first-order valence-electron chi connectivity index (χ1n) is 6.59. The molecule has 0 aliphatic carbocycles. The average molecular weight is 271 g/mol. The molecule has 2 fully saturated rings. The van der Waals surface area contributed by atoms with Crippen LogP contribution in [0.4, 0.5) is 4.79 Å². The number of likely N-dealkylation sites (tertiary alicyclic amines) is 1. The molecule has 2 aliphatic rings. The van der Waals surface area contributed by atoms with Gasteiger partial charge in [-0.3, -0.25) is 4.90 Å². The van der Waals surface area contributed by atoms with Crippen molar-refractivity contribution in [2.75, 3.05) is 13.2 Å². The zero-order valence-corrected chi connectivity index (χ0v) is 11.6. The summed E-state index contributed by atoms with van der Waals surface area (Å²) < 4.78 is 10.8. The Kier molecular flexibility index (Phi) is 3.47. The smallest absolute Gasteiger partial charge is 0.411 e. The summed E-state index contributed by atoms with van der Waals surface area (Å²) in [5, 5.41) is 9.30. The van der Waals surface area contributed by atoms with Crippen molar-refractivity contribution >= 4 is 12.1 Å². The van der Waals surface area contributed by atoms with Gasteiger partial charge in [0.25, 0.3) is 0 Å². The van der Waals surface area contributed by atoms with E-state index in [1.807, 2.05) is 0 Å². The SMILES string of the molecule is CC(C)(C)OC(=O)N1CCC2(CCO2)CC1C(=O)O. The summed E-state index contributed by atoms with van der Waals surface area (Å²) in [7, 11) is 0. The summed E-state index contributed by atoms with van der Waals surface area (Å²) in [4.78, 5) is 24.7. The van der Waals surface area contributed by atoms with Gasteiger partial charge in [-0.15, -0.1) is 0 Å². The molecule has 0 aromatic carbocycles. The fourth-order valence-corrected chi connectivity index (χ4v) is 2.55. The van der Waals surface area contributed by atoms with Crippen LogP contribution >= 0.6 is 0 Å². The molecule has 1 N–H and O–H groups in total. The molecule has 1 amide bonds. The maximum absolute atomic E-state index is 12.0. The van der Waals surface area contributed by atoms with Crippen molar-refractivity contribution in [3.05, 3.63) is 0 Å². The third kappa shape index (κ3) is 3.00. The number of amides is 1. The number of aliphatic carboxylic acids is 1. The first kappa shape index (κ1) is 14.1. The Bertz CT molecular complexity index is 383. The quantitative estimate of drug-likeness (QED) is 0.784. The van der Waals surface area contributed by atoms with E-state index in [4.69, 9.17) is 9.47 Å². The van der Waals surface area contributed by atoms with Crippen LogP contribution in [0.15, 0.2) is 0 Å². The maximum atomic E-state index is 12.0. The van der Waals surface area contributed by atoms with E-state index in [1.54, 1.807) is 20.8 Å². The first-order valence-corrected chi connectivity index (χ1v) is 6.59.